The highest BCUT2D eigenvalue weighted by molar-refractivity contribution is 7.99. The van der Waals surface area contributed by atoms with Crippen molar-refractivity contribution >= 4 is 11.8 Å². The minimum absolute atomic E-state index is 0.0981. The van der Waals surface area contributed by atoms with E-state index in [9.17, 15) is 8.78 Å². The van der Waals surface area contributed by atoms with Crippen molar-refractivity contribution in [2.24, 2.45) is 5.92 Å². The molecule has 1 fully saturated rings. The van der Waals surface area contributed by atoms with E-state index >= 15 is 0 Å². The molecule has 1 heterocycles. The Balaban J connectivity index is 1.74. The van der Waals surface area contributed by atoms with Crippen LogP contribution in [0.2, 0.25) is 0 Å². The van der Waals surface area contributed by atoms with Crippen molar-refractivity contribution in [1.29, 1.82) is 0 Å². The molecule has 1 atom stereocenters. The van der Waals surface area contributed by atoms with Crippen LogP contribution in [0, 0.1) is 5.92 Å². The lowest BCUT2D eigenvalue weighted by atomic mass is 10.1. The highest BCUT2D eigenvalue weighted by Crippen LogP contribution is 2.22. The van der Waals surface area contributed by atoms with E-state index in [2.05, 4.69) is 5.32 Å². The number of halogens is 2. The molecule has 1 N–H and O–H groups in total. The number of hydrogen-bond acceptors (Lipinski definition) is 2. The SMILES string of the molecule is FC(F)c1ccc(CNCC2CCSC2)cc1. The fourth-order valence-electron chi connectivity index (χ4n) is 1.95. The molecule has 4 heteroatoms. The molecule has 0 spiro atoms. The van der Waals surface area contributed by atoms with E-state index in [0.29, 0.717) is 0 Å². The van der Waals surface area contributed by atoms with Crippen LogP contribution in [-0.2, 0) is 6.54 Å². The topological polar surface area (TPSA) is 12.0 Å². The summed E-state index contributed by atoms with van der Waals surface area (Å²) in [6.07, 6.45) is -1.07. The molecule has 1 aliphatic rings. The zero-order valence-electron chi connectivity index (χ0n) is 9.66. The van der Waals surface area contributed by atoms with Crippen LogP contribution in [0.3, 0.4) is 0 Å². The lowest BCUT2D eigenvalue weighted by Crippen LogP contribution is -2.22. The smallest absolute Gasteiger partial charge is 0.263 e. The van der Waals surface area contributed by atoms with Gasteiger partial charge in [-0.1, -0.05) is 24.3 Å². The Morgan fingerprint density at radius 3 is 2.65 bits per heavy atom. The molecule has 1 aliphatic heterocycles. The third-order valence-corrected chi connectivity index (χ3v) is 4.25. The normalized spacial score (nSPS) is 20.1. The van der Waals surface area contributed by atoms with Crippen LogP contribution in [0.1, 0.15) is 24.0 Å². The predicted molar refractivity (Wildman–Crippen MR) is 68.5 cm³/mol. The number of rotatable bonds is 5. The molecule has 0 aromatic heterocycles. The number of thioether (sulfide) groups is 1. The van der Waals surface area contributed by atoms with Crippen molar-refractivity contribution in [3.63, 3.8) is 0 Å². The van der Waals surface area contributed by atoms with E-state index in [-0.39, 0.29) is 5.56 Å². The summed E-state index contributed by atoms with van der Waals surface area (Å²) >= 11 is 2.01. The van der Waals surface area contributed by atoms with E-state index in [1.54, 1.807) is 12.1 Å². The summed E-state index contributed by atoms with van der Waals surface area (Å²) in [6, 6.07) is 6.57. The molecule has 1 unspecified atom stereocenters. The number of nitrogens with one attached hydrogen (secondary N) is 1. The predicted octanol–water partition coefficient (Wildman–Crippen LogP) is 3.47. The molecular weight excluding hydrogens is 240 g/mol. The van der Waals surface area contributed by atoms with Crippen molar-refractivity contribution in [2.45, 2.75) is 19.4 Å². The monoisotopic (exact) mass is 257 g/mol. The van der Waals surface area contributed by atoms with Crippen molar-refractivity contribution in [3.8, 4) is 0 Å². The van der Waals surface area contributed by atoms with Gasteiger partial charge in [-0.2, -0.15) is 11.8 Å². The van der Waals surface area contributed by atoms with Crippen LogP contribution >= 0.6 is 11.8 Å². The minimum atomic E-state index is -2.37. The van der Waals surface area contributed by atoms with Gasteiger partial charge in [-0.3, -0.25) is 0 Å². The third-order valence-electron chi connectivity index (χ3n) is 3.02. The molecule has 17 heavy (non-hydrogen) atoms. The van der Waals surface area contributed by atoms with Gasteiger partial charge >= 0.3 is 0 Å². The fraction of sp³-hybridized carbons (Fsp3) is 0.538. The van der Waals surface area contributed by atoms with Crippen LogP contribution in [-0.4, -0.2) is 18.1 Å². The molecule has 0 saturated carbocycles. The number of alkyl halides is 2. The second-order valence-corrected chi connectivity index (χ2v) is 5.55. The van der Waals surface area contributed by atoms with Crippen molar-refractivity contribution in [1.82, 2.24) is 5.32 Å². The second-order valence-electron chi connectivity index (χ2n) is 4.40. The molecule has 0 bridgehead atoms. The Labute approximate surface area is 105 Å². The summed E-state index contributed by atoms with van der Waals surface area (Å²) in [5.74, 6) is 3.30. The Kier molecular flexibility index (Phi) is 4.80. The van der Waals surface area contributed by atoms with Crippen molar-refractivity contribution in [2.75, 3.05) is 18.1 Å². The van der Waals surface area contributed by atoms with Gasteiger partial charge in [0, 0.05) is 12.1 Å². The van der Waals surface area contributed by atoms with Gasteiger partial charge in [0.1, 0.15) is 0 Å². The van der Waals surface area contributed by atoms with E-state index in [4.69, 9.17) is 0 Å². The van der Waals surface area contributed by atoms with Gasteiger partial charge < -0.3 is 5.32 Å². The van der Waals surface area contributed by atoms with Gasteiger partial charge in [0.05, 0.1) is 0 Å². The molecule has 0 aliphatic carbocycles. The summed E-state index contributed by atoms with van der Waals surface area (Å²) in [4.78, 5) is 0. The number of hydrogen-bond donors (Lipinski definition) is 1. The average Bonchev–Trinajstić information content (AvgIpc) is 2.83. The van der Waals surface area contributed by atoms with Gasteiger partial charge in [-0.15, -0.1) is 0 Å². The molecule has 0 radical (unpaired) electrons. The van der Waals surface area contributed by atoms with E-state index in [1.807, 2.05) is 11.8 Å². The first-order valence-electron chi connectivity index (χ1n) is 5.91. The van der Waals surface area contributed by atoms with Gasteiger partial charge in [0.15, 0.2) is 0 Å². The second kappa shape index (κ2) is 6.36. The first kappa shape index (κ1) is 12.8. The largest absolute Gasteiger partial charge is 0.312 e. The van der Waals surface area contributed by atoms with Gasteiger partial charge in [0.2, 0.25) is 0 Å². The summed E-state index contributed by atoms with van der Waals surface area (Å²) < 4.78 is 24.7. The van der Waals surface area contributed by atoms with Crippen molar-refractivity contribution < 1.29 is 8.78 Å². The maximum absolute atomic E-state index is 12.3. The fourth-order valence-corrected chi connectivity index (χ4v) is 3.23. The van der Waals surface area contributed by atoms with E-state index in [0.717, 1.165) is 24.6 Å². The van der Waals surface area contributed by atoms with Crippen LogP contribution in [0.4, 0.5) is 8.78 Å². The molecule has 1 aromatic carbocycles. The Bertz CT molecular complexity index is 334. The van der Waals surface area contributed by atoms with E-state index < -0.39 is 6.43 Å². The molecule has 2 rings (SSSR count). The zero-order chi connectivity index (χ0) is 12.1. The highest BCUT2D eigenvalue weighted by Gasteiger charge is 2.14. The molecule has 1 nitrogen and oxygen atoms in total. The highest BCUT2D eigenvalue weighted by atomic mass is 32.2. The van der Waals surface area contributed by atoms with Gasteiger partial charge in [-0.25, -0.2) is 8.78 Å². The van der Waals surface area contributed by atoms with Crippen LogP contribution in [0.5, 0.6) is 0 Å². The van der Waals surface area contributed by atoms with E-state index in [1.165, 1.54) is 30.1 Å². The Morgan fingerprint density at radius 1 is 1.29 bits per heavy atom. The zero-order valence-corrected chi connectivity index (χ0v) is 10.5. The molecular formula is C13H17F2NS. The summed E-state index contributed by atoms with van der Waals surface area (Å²) in [6.45, 7) is 1.80. The first-order chi connectivity index (χ1) is 8.25. The van der Waals surface area contributed by atoms with Gasteiger partial charge in [-0.05, 0) is 36.0 Å². The average molecular weight is 257 g/mol. The lowest BCUT2D eigenvalue weighted by molar-refractivity contribution is 0.151. The quantitative estimate of drug-likeness (QED) is 0.867. The molecule has 1 aromatic rings. The van der Waals surface area contributed by atoms with Crippen molar-refractivity contribution in [3.05, 3.63) is 35.4 Å². The summed E-state index contributed by atoms with van der Waals surface area (Å²) in [5, 5.41) is 3.39. The molecule has 0 amide bonds. The van der Waals surface area contributed by atoms with Gasteiger partial charge in [0.25, 0.3) is 6.43 Å². The maximum atomic E-state index is 12.3. The molecule has 94 valence electrons. The van der Waals surface area contributed by atoms with Crippen LogP contribution < -0.4 is 5.32 Å². The Morgan fingerprint density at radius 2 is 2.06 bits per heavy atom. The number of benzene rings is 1. The third kappa shape index (κ3) is 3.96. The summed E-state index contributed by atoms with van der Waals surface area (Å²) in [7, 11) is 0. The Hall–Kier alpha value is -0.610. The van der Waals surface area contributed by atoms with Crippen LogP contribution in [0.15, 0.2) is 24.3 Å². The first-order valence-corrected chi connectivity index (χ1v) is 7.06. The lowest BCUT2D eigenvalue weighted by Gasteiger charge is -2.10. The summed E-state index contributed by atoms with van der Waals surface area (Å²) in [5.41, 5.74) is 1.17. The maximum Gasteiger partial charge on any atom is 0.263 e. The van der Waals surface area contributed by atoms with Crippen LogP contribution in [0.25, 0.3) is 0 Å². The minimum Gasteiger partial charge on any atom is -0.312 e. The molecule has 1 saturated heterocycles. The standard InChI is InChI=1S/C13H17F2NS/c14-13(15)12-3-1-10(2-4-12)7-16-8-11-5-6-17-9-11/h1-4,11,13,16H,5-9H2.